The third-order valence-electron chi connectivity index (χ3n) is 11.6. The van der Waals surface area contributed by atoms with Crippen molar-refractivity contribution in [3.05, 3.63) is 234 Å². The highest BCUT2D eigenvalue weighted by atomic mass is 16.3. The second-order valence-electron chi connectivity index (χ2n) is 15.8. The van der Waals surface area contributed by atoms with Crippen molar-refractivity contribution in [1.82, 2.24) is 0 Å². The summed E-state index contributed by atoms with van der Waals surface area (Å²) in [4.78, 5) is 5.26. The molecule has 2 heterocycles. The summed E-state index contributed by atoms with van der Waals surface area (Å²) in [5, 5.41) is 4.23. The molecule has 0 aliphatic heterocycles. The highest BCUT2D eigenvalue weighted by Crippen LogP contribution is 2.39. The zero-order valence-electron chi connectivity index (χ0n) is 34.9. The maximum atomic E-state index is 6.60. The fourth-order valence-corrected chi connectivity index (χ4v) is 8.35. The van der Waals surface area contributed by atoms with Gasteiger partial charge in [0.05, 0.1) is 11.4 Å². The van der Waals surface area contributed by atoms with E-state index in [9.17, 15) is 0 Å². The molecule has 62 heavy (non-hydrogen) atoms. The lowest BCUT2D eigenvalue weighted by Crippen LogP contribution is -1.99. The van der Waals surface area contributed by atoms with E-state index in [4.69, 9.17) is 13.8 Å². The Labute approximate surface area is 362 Å². The van der Waals surface area contributed by atoms with Gasteiger partial charge in [-0.15, -0.1) is 0 Å². The zero-order valence-corrected chi connectivity index (χ0v) is 34.9. The summed E-state index contributed by atoms with van der Waals surface area (Å²) in [6, 6.07) is 66.0. The van der Waals surface area contributed by atoms with Crippen LogP contribution in [0.4, 0.5) is 0 Å². The van der Waals surface area contributed by atoms with Crippen LogP contribution in [-0.2, 0) is 6.42 Å². The molecule has 2 aromatic heterocycles. The van der Waals surface area contributed by atoms with Crippen molar-refractivity contribution in [2.45, 2.75) is 26.7 Å². The van der Waals surface area contributed by atoms with Crippen LogP contribution in [-0.4, -0.2) is 5.71 Å². The van der Waals surface area contributed by atoms with Gasteiger partial charge in [-0.3, -0.25) is 0 Å². The first-order valence-electron chi connectivity index (χ1n) is 21.4. The Morgan fingerprint density at radius 3 is 1.65 bits per heavy atom. The summed E-state index contributed by atoms with van der Waals surface area (Å²) in [7, 11) is 0. The summed E-state index contributed by atoms with van der Waals surface area (Å²) >= 11 is 0. The minimum atomic E-state index is 0.846. The van der Waals surface area contributed by atoms with E-state index >= 15 is 0 Å². The highest BCUT2D eigenvalue weighted by Gasteiger charge is 2.16. The van der Waals surface area contributed by atoms with E-state index < -0.39 is 0 Å². The normalized spacial score (nSPS) is 12.7. The summed E-state index contributed by atoms with van der Waals surface area (Å²) in [6.07, 6.45) is 10.6. The lowest BCUT2D eigenvalue weighted by Gasteiger charge is -2.10. The lowest BCUT2D eigenvalue weighted by atomic mass is 9.97. The molecule has 0 radical (unpaired) electrons. The molecule has 0 aliphatic carbocycles. The minimum Gasteiger partial charge on any atom is -0.456 e. The molecule has 0 saturated carbocycles. The Balaban J connectivity index is 0.936. The van der Waals surface area contributed by atoms with Crippen molar-refractivity contribution in [3.63, 3.8) is 0 Å². The van der Waals surface area contributed by atoms with Crippen LogP contribution in [0.3, 0.4) is 0 Å². The molecular formula is C59H45NO2. The first-order chi connectivity index (χ1) is 30.6. The fourth-order valence-electron chi connectivity index (χ4n) is 8.35. The topological polar surface area (TPSA) is 38.6 Å². The van der Waals surface area contributed by atoms with Gasteiger partial charge in [-0.25, -0.2) is 4.99 Å². The fraction of sp³-hybridized carbons (Fsp3) is 0.0678. The van der Waals surface area contributed by atoms with E-state index in [2.05, 4.69) is 214 Å². The molecule has 0 N–H and O–H groups in total. The molecule has 0 saturated heterocycles. The van der Waals surface area contributed by atoms with Crippen molar-refractivity contribution in [3.8, 4) is 22.3 Å². The second-order valence-corrected chi connectivity index (χ2v) is 15.8. The number of furan rings is 2. The number of fused-ring (bicyclic) bond motifs is 6. The molecule has 0 amide bonds. The van der Waals surface area contributed by atoms with Crippen LogP contribution in [0.2, 0.25) is 0 Å². The molecule has 10 rings (SSSR count). The summed E-state index contributed by atoms with van der Waals surface area (Å²) in [5.41, 5.74) is 16.7. The maximum absolute atomic E-state index is 6.60. The molecule has 3 heteroatoms. The van der Waals surface area contributed by atoms with E-state index in [0.717, 1.165) is 113 Å². The molecule has 0 spiro atoms. The molecular weight excluding hydrogens is 755 g/mol. The third-order valence-corrected chi connectivity index (χ3v) is 11.6. The molecule has 0 atom stereocenters. The van der Waals surface area contributed by atoms with Gasteiger partial charge in [0.15, 0.2) is 0 Å². The van der Waals surface area contributed by atoms with Crippen molar-refractivity contribution < 1.29 is 8.83 Å². The minimum absolute atomic E-state index is 0.846. The second kappa shape index (κ2) is 17.1. The Morgan fingerprint density at radius 1 is 0.484 bits per heavy atom. The number of rotatable bonds is 11. The van der Waals surface area contributed by atoms with E-state index in [-0.39, 0.29) is 0 Å². The number of nitrogens with zero attached hydrogens (tertiary/aromatic N) is 1. The van der Waals surface area contributed by atoms with Gasteiger partial charge in [0.25, 0.3) is 0 Å². The maximum Gasteiger partial charge on any atom is 0.136 e. The average molecular weight is 800 g/mol. The largest absolute Gasteiger partial charge is 0.456 e. The van der Waals surface area contributed by atoms with Gasteiger partial charge in [-0.05, 0) is 124 Å². The van der Waals surface area contributed by atoms with E-state index in [1.807, 2.05) is 12.1 Å². The molecule has 0 aliphatic rings. The first kappa shape index (κ1) is 38.5. The van der Waals surface area contributed by atoms with E-state index in [1.54, 1.807) is 0 Å². The summed E-state index contributed by atoms with van der Waals surface area (Å²) in [6.45, 7) is 4.31. The smallest absolute Gasteiger partial charge is 0.136 e. The van der Waals surface area contributed by atoms with Crippen molar-refractivity contribution in [1.29, 1.82) is 0 Å². The van der Waals surface area contributed by atoms with Crippen molar-refractivity contribution >= 4 is 66.9 Å². The monoisotopic (exact) mass is 799 g/mol. The van der Waals surface area contributed by atoms with E-state index in [0.29, 0.717) is 0 Å². The summed E-state index contributed by atoms with van der Waals surface area (Å²) < 4.78 is 13.2. The first-order valence-corrected chi connectivity index (χ1v) is 21.4. The summed E-state index contributed by atoms with van der Waals surface area (Å²) in [5.74, 6) is 0. The van der Waals surface area contributed by atoms with Crippen molar-refractivity contribution in [2.75, 3.05) is 0 Å². The van der Waals surface area contributed by atoms with Gasteiger partial charge in [0.1, 0.15) is 22.3 Å². The molecule has 10 aromatic rings. The predicted octanol–water partition coefficient (Wildman–Crippen LogP) is 16.4. The van der Waals surface area contributed by atoms with Crippen LogP contribution in [0.1, 0.15) is 48.1 Å². The number of hydrogen-bond donors (Lipinski definition) is 0. The van der Waals surface area contributed by atoms with Crippen LogP contribution in [0.5, 0.6) is 0 Å². The van der Waals surface area contributed by atoms with Gasteiger partial charge in [0.2, 0.25) is 0 Å². The Morgan fingerprint density at radius 2 is 1.02 bits per heavy atom. The van der Waals surface area contributed by atoms with Gasteiger partial charge < -0.3 is 8.83 Å². The van der Waals surface area contributed by atoms with Gasteiger partial charge in [-0.1, -0.05) is 165 Å². The Hall–Kier alpha value is -7.75. The number of allylic oxidation sites excluding steroid dienone is 4. The number of benzene rings is 8. The van der Waals surface area contributed by atoms with Crippen molar-refractivity contribution in [2.24, 2.45) is 4.99 Å². The zero-order chi connectivity index (χ0) is 41.8. The van der Waals surface area contributed by atoms with Crippen LogP contribution >= 0.6 is 0 Å². The van der Waals surface area contributed by atoms with Crippen LogP contribution in [0, 0.1) is 0 Å². The van der Waals surface area contributed by atoms with Crippen LogP contribution < -0.4 is 0 Å². The average Bonchev–Trinajstić information content (AvgIpc) is 3.87. The SMILES string of the molecule is CC/C=C(/N=C(/C=C(\C)c1cccc(-c2ccc3c(c2)oc2cc4c(cc23)oc2cc(-c3cccc(/C=C/Cc5ccccc5)c3)ccc24)c1)c1ccccc1)c1ccccc1. The Kier molecular flexibility index (Phi) is 10.6. The number of aliphatic imine (C=N–C) groups is 1. The van der Waals surface area contributed by atoms with E-state index in [1.165, 1.54) is 11.1 Å². The van der Waals surface area contributed by atoms with Gasteiger partial charge >= 0.3 is 0 Å². The predicted molar refractivity (Wildman–Crippen MR) is 262 cm³/mol. The molecule has 0 unspecified atom stereocenters. The molecule has 298 valence electrons. The quantitative estimate of drug-likeness (QED) is 0.122. The van der Waals surface area contributed by atoms with Crippen LogP contribution in [0.25, 0.3) is 83.5 Å². The lowest BCUT2D eigenvalue weighted by molar-refractivity contribution is 0.664. The van der Waals surface area contributed by atoms with Gasteiger partial charge in [-0.2, -0.15) is 0 Å². The highest BCUT2D eigenvalue weighted by molar-refractivity contribution is 6.16. The van der Waals surface area contributed by atoms with Gasteiger partial charge in [0, 0.05) is 27.1 Å². The van der Waals surface area contributed by atoms with Crippen LogP contribution in [0.15, 0.2) is 220 Å². The molecule has 0 bridgehead atoms. The third kappa shape index (κ3) is 7.97. The molecule has 3 nitrogen and oxygen atoms in total. The number of hydrogen-bond acceptors (Lipinski definition) is 3. The molecule has 0 fully saturated rings. The Bertz CT molecular complexity index is 3340. The molecule has 8 aromatic carbocycles. The standard InChI is InChI=1S/C59H45NO2/c1-3-16-54(43-22-9-5-10-23-43)60-55(44-24-11-6-12-25-44)33-40(2)45-26-15-28-47(35-45)49-30-32-51-53-39-58-52(38-59(53)62-57(51)37-49)50-31-29-48(36-56(50)61-58)46-27-14-21-42(34-46)20-13-19-41-17-7-4-8-18-41/h4-18,20-39H,3,19H2,1-2H3/b20-13+,40-33+,54-16+,60-55-.